The molecule has 1 N–H and O–H groups in total. The fourth-order valence-electron chi connectivity index (χ4n) is 4.44. The lowest BCUT2D eigenvalue weighted by atomic mass is 10.0. The smallest absolute Gasteiger partial charge is 0.170 e. The average molecular weight is 483 g/mol. The molecule has 2 fully saturated rings. The highest BCUT2D eigenvalue weighted by atomic mass is 35.5. The van der Waals surface area contributed by atoms with Gasteiger partial charge in [0.15, 0.2) is 5.11 Å². The molecule has 2 atom stereocenters. The minimum absolute atomic E-state index is 0.0935. The molecule has 2 aromatic heterocycles. The van der Waals surface area contributed by atoms with E-state index in [1.54, 1.807) is 0 Å². The third-order valence-electron chi connectivity index (χ3n) is 6.33. The van der Waals surface area contributed by atoms with Crippen LogP contribution in [0.3, 0.4) is 0 Å². The molecule has 2 saturated heterocycles. The van der Waals surface area contributed by atoms with Crippen LogP contribution in [0.5, 0.6) is 0 Å². The highest BCUT2D eigenvalue weighted by Crippen LogP contribution is 2.40. The summed E-state index contributed by atoms with van der Waals surface area (Å²) < 4.78 is 11.9. The SMILES string of the molecule is Cc1ccc(-c2ccc([C@H]3[C@H](c4ccccn4)NC(=S)N3CCN3CCOCC3)o2)cc1Cl. The van der Waals surface area contributed by atoms with Crippen molar-refractivity contribution in [2.45, 2.75) is 19.0 Å². The van der Waals surface area contributed by atoms with Crippen molar-refractivity contribution in [3.63, 3.8) is 0 Å². The van der Waals surface area contributed by atoms with Gasteiger partial charge in [0.25, 0.3) is 0 Å². The van der Waals surface area contributed by atoms with Crippen LogP contribution in [0.1, 0.15) is 29.1 Å². The van der Waals surface area contributed by atoms with Gasteiger partial charge in [0.2, 0.25) is 0 Å². The summed E-state index contributed by atoms with van der Waals surface area (Å²) in [6, 6.07) is 15.8. The Morgan fingerprint density at radius 2 is 1.97 bits per heavy atom. The summed E-state index contributed by atoms with van der Waals surface area (Å²) in [4.78, 5) is 9.25. The van der Waals surface area contributed by atoms with Crippen molar-refractivity contribution in [2.24, 2.45) is 0 Å². The average Bonchev–Trinajstić information content (AvgIpc) is 3.45. The van der Waals surface area contributed by atoms with Crippen LogP contribution in [0.4, 0.5) is 0 Å². The number of nitrogens with zero attached hydrogens (tertiary/aromatic N) is 3. The number of hydrogen-bond donors (Lipinski definition) is 1. The second kappa shape index (κ2) is 9.81. The molecule has 0 unspecified atom stereocenters. The van der Waals surface area contributed by atoms with Gasteiger partial charge in [-0.3, -0.25) is 9.88 Å². The highest BCUT2D eigenvalue weighted by molar-refractivity contribution is 7.80. The van der Waals surface area contributed by atoms with E-state index < -0.39 is 0 Å². The number of pyridine rings is 1. The van der Waals surface area contributed by atoms with Crippen LogP contribution < -0.4 is 5.32 Å². The van der Waals surface area contributed by atoms with Crippen molar-refractivity contribution in [1.82, 2.24) is 20.1 Å². The fourth-order valence-corrected chi connectivity index (χ4v) is 4.95. The molecule has 1 aromatic carbocycles. The molecule has 33 heavy (non-hydrogen) atoms. The summed E-state index contributed by atoms with van der Waals surface area (Å²) >= 11 is 12.1. The third-order valence-corrected chi connectivity index (χ3v) is 7.09. The van der Waals surface area contributed by atoms with Crippen LogP contribution >= 0.6 is 23.8 Å². The number of furan rings is 1. The molecule has 172 valence electrons. The normalized spacial score (nSPS) is 21.4. The van der Waals surface area contributed by atoms with Gasteiger partial charge in [0.1, 0.15) is 17.6 Å². The number of halogens is 1. The summed E-state index contributed by atoms with van der Waals surface area (Å²) in [6.45, 7) is 7.16. The second-order valence-corrected chi connectivity index (χ2v) is 9.23. The van der Waals surface area contributed by atoms with Crippen LogP contribution in [-0.4, -0.2) is 59.3 Å². The molecule has 0 amide bonds. The Balaban J connectivity index is 1.45. The van der Waals surface area contributed by atoms with Crippen LogP contribution in [-0.2, 0) is 4.74 Å². The number of ether oxygens (including phenoxy) is 1. The number of rotatable bonds is 6. The van der Waals surface area contributed by atoms with Gasteiger partial charge >= 0.3 is 0 Å². The van der Waals surface area contributed by atoms with Crippen molar-refractivity contribution >= 4 is 28.9 Å². The molecule has 0 saturated carbocycles. The molecule has 2 aliphatic rings. The molecule has 3 aromatic rings. The zero-order valence-electron chi connectivity index (χ0n) is 18.5. The standard InChI is InChI=1S/C25H27ClN4O2S/c1-17-5-6-18(16-19(17)26)21-7-8-22(32-21)24-23(20-4-2-3-9-27-20)28-25(33)30(24)11-10-29-12-14-31-15-13-29/h2-9,16,23-24H,10-15H2,1H3,(H,28,33)/t23-,24-/m0/s1. The zero-order chi connectivity index (χ0) is 22.8. The maximum absolute atomic E-state index is 6.41. The van der Waals surface area contributed by atoms with E-state index in [1.807, 2.05) is 61.7 Å². The van der Waals surface area contributed by atoms with Gasteiger partial charge < -0.3 is 19.4 Å². The van der Waals surface area contributed by atoms with E-state index in [9.17, 15) is 0 Å². The van der Waals surface area contributed by atoms with E-state index in [0.29, 0.717) is 0 Å². The maximum Gasteiger partial charge on any atom is 0.170 e. The van der Waals surface area contributed by atoms with Crippen molar-refractivity contribution < 1.29 is 9.15 Å². The summed E-state index contributed by atoms with van der Waals surface area (Å²) in [7, 11) is 0. The topological polar surface area (TPSA) is 53.8 Å². The lowest BCUT2D eigenvalue weighted by Crippen LogP contribution is -2.42. The molecule has 0 radical (unpaired) electrons. The summed E-state index contributed by atoms with van der Waals surface area (Å²) in [5, 5.41) is 4.94. The Hall–Kier alpha value is -2.45. The molecule has 4 heterocycles. The minimum Gasteiger partial charge on any atom is -0.459 e. The minimum atomic E-state index is -0.0943. The predicted molar refractivity (Wildman–Crippen MR) is 133 cm³/mol. The first-order valence-corrected chi connectivity index (χ1v) is 12.0. The fraction of sp³-hybridized carbons (Fsp3) is 0.360. The summed E-state index contributed by atoms with van der Waals surface area (Å²) in [5.41, 5.74) is 2.94. The Morgan fingerprint density at radius 1 is 1.12 bits per heavy atom. The van der Waals surface area contributed by atoms with E-state index >= 15 is 0 Å². The van der Waals surface area contributed by atoms with Gasteiger partial charge in [-0.25, -0.2) is 0 Å². The molecule has 0 bridgehead atoms. The second-order valence-electron chi connectivity index (χ2n) is 8.44. The number of aryl methyl sites for hydroxylation is 1. The van der Waals surface area contributed by atoms with Crippen LogP contribution in [0.15, 0.2) is 59.1 Å². The molecule has 0 aliphatic carbocycles. The monoisotopic (exact) mass is 482 g/mol. The van der Waals surface area contributed by atoms with Gasteiger partial charge in [-0.05, 0) is 55.0 Å². The van der Waals surface area contributed by atoms with Crippen LogP contribution in [0, 0.1) is 6.92 Å². The summed E-state index contributed by atoms with van der Waals surface area (Å²) in [6.07, 6.45) is 1.81. The molecule has 5 rings (SSSR count). The van der Waals surface area contributed by atoms with Crippen molar-refractivity contribution in [3.8, 4) is 11.3 Å². The molecular formula is C25H27ClN4O2S. The van der Waals surface area contributed by atoms with Crippen LogP contribution in [0.2, 0.25) is 5.02 Å². The van der Waals surface area contributed by atoms with Crippen molar-refractivity contribution in [1.29, 1.82) is 0 Å². The Labute approximate surface area is 204 Å². The quantitative estimate of drug-likeness (QED) is 0.515. The maximum atomic E-state index is 6.41. The van der Waals surface area contributed by atoms with Gasteiger partial charge in [-0.2, -0.15) is 0 Å². The van der Waals surface area contributed by atoms with Crippen molar-refractivity contribution in [2.75, 3.05) is 39.4 Å². The third kappa shape index (κ3) is 4.77. The van der Waals surface area contributed by atoms with Gasteiger partial charge in [-0.1, -0.05) is 29.8 Å². The zero-order valence-corrected chi connectivity index (χ0v) is 20.1. The number of hydrogen-bond acceptors (Lipinski definition) is 5. The van der Waals surface area contributed by atoms with E-state index in [4.69, 9.17) is 33.0 Å². The van der Waals surface area contributed by atoms with Gasteiger partial charge in [0, 0.05) is 43.0 Å². The summed E-state index contributed by atoms with van der Waals surface area (Å²) in [5.74, 6) is 1.64. The Bertz CT molecular complexity index is 1120. The Morgan fingerprint density at radius 3 is 2.73 bits per heavy atom. The molecule has 2 aliphatic heterocycles. The van der Waals surface area contributed by atoms with E-state index in [0.717, 1.165) is 77.9 Å². The molecular weight excluding hydrogens is 456 g/mol. The van der Waals surface area contributed by atoms with Crippen molar-refractivity contribution in [3.05, 3.63) is 76.8 Å². The highest BCUT2D eigenvalue weighted by Gasteiger charge is 2.41. The number of morpholine rings is 1. The van der Waals surface area contributed by atoms with E-state index in [1.165, 1.54) is 0 Å². The van der Waals surface area contributed by atoms with E-state index in [2.05, 4.69) is 20.1 Å². The number of benzene rings is 1. The molecule has 0 spiro atoms. The van der Waals surface area contributed by atoms with Gasteiger partial charge in [-0.15, -0.1) is 0 Å². The molecule has 6 nitrogen and oxygen atoms in total. The Kier molecular flexibility index (Phi) is 6.64. The van der Waals surface area contributed by atoms with Gasteiger partial charge in [0.05, 0.1) is 24.9 Å². The number of thiocarbonyl (C=S) groups is 1. The predicted octanol–water partition coefficient (Wildman–Crippen LogP) is 4.61. The largest absolute Gasteiger partial charge is 0.459 e. The number of nitrogens with one attached hydrogen (secondary N) is 1. The first kappa shape index (κ1) is 22.3. The lowest BCUT2D eigenvalue weighted by Gasteiger charge is -2.31. The van der Waals surface area contributed by atoms with E-state index in [-0.39, 0.29) is 12.1 Å². The lowest BCUT2D eigenvalue weighted by molar-refractivity contribution is 0.0347. The number of aromatic nitrogens is 1. The van der Waals surface area contributed by atoms with Crippen LogP contribution in [0.25, 0.3) is 11.3 Å². The first-order valence-electron chi connectivity index (χ1n) is 11.2. The molecule has 8 heteroatoms. The first-order chi connectivity index (χ1) is 16.1.